The second-order valence-electron chi connectivity index (χ2n) is 7.22. The Labute approximate surface area is 197 Å². The monoisotopic (exact) mass is 479 g/mol. The number of aryl methyl sites for hydroxylation is 1. The average molecular weight is 480 g/mol. The highest BCUT2D eigenvalue weighted by Gasteiger charge is 2.15. The lowest BCUT2D eigenvalue weighted by Crippen LogP contribution is -2.16. The van der Waals surface area contributed by atoms with Gasteiger partial charge in [-0.3, -0.25) is 9.20 Å². The number of thioether (sulfide) groups is 1. The Morgan fingerprint density at radius 2 is 2.06 bits per heavy atom. The maximum atomic E-state index is 12.8. The summed E-state index contributed by atoms with van der Waals surface area (Å²) in [6, 6.07) is 13.0. The molecule has 9 nitrogen and oxygen atoms in total. The smallest absolute Gasteiger partial charge is 0.234 e. The number of rotatable bonds is 6. The molecule has 11 heteroatoms. The summed E-state index contributed by atoms with van der Waals surface area (Å²) in [6.45, 7) is 2.03. The molecule has 5 rings (SSSR count). The van der Waals surface area contributed by atoms with Gasteiger partial charge in [-0.1, -0.05) is 23.4 Å². The number of hydrogen-bond acceptors (Lipinski definition) is 7. The molecule has 166 valence electrons. The number of carbonyl (C=O) groups excluding carboxylic acids is 1. The molecular weight excluding hydrogens is 462 g/mol. The van der Waals surface area contributed by atoms with Gasteiger partial charge in [0.2, 0.25) is 5.91 Å². The van der Waals surface area contributed by atoms with Crippen LogP contribution in [0.2, 0.25) is 5.02 Å². The van der Waals surface area contributed by atoms with Gasteiger partial charge in [-0.25, -0.2) is 9.67 Å². The molecule has 0 saturated heterocycles. The van der Waals surface area contributed by atoms with Crippen LogP contribution < -0.4 is 10.1 Å². The Morgan fingerprint density at radius 1 is 1.18 bits per heavy atom. The molecule has 0 bridgehead atoms. The van der Waals surface area contributed by atoms with Crippen molar-refractivity contribution in [3.05, 3.63) is 65.7 Å². The normalized spacial score (nSPS) is 11.2. The van der Waals surface area contributed by atoms with E-state index in [4.69, 9.17) is 16.3 Å². The Balaban J connectivity index is 1.41. The fraction of sp³-hybridized carbons (Fsp3) is 0.136. The van der Waals surface area contributed by atoms with Crippen LogP contribution in [-0.2, 0) is 4.79 Å². The molecule has 0 aliphatic rings. The van der Waals surface area contributed by atoms with Gasteiger partial charge in [0.05, 0.1) is 29.8 Å². The van der Waals surface area contributed by atoms with Crippen LogP contribution in [0.4, 0.5) is 5.69 Å². The quantitative estimate of drug-likeness (QED) is 0.365. The molecule has 0 spiro atoms. The van der Waals surface area contributed by atoms with Crippen LogP contribution in [0.5, 0.6) is 5.75 Å². The number of nitrogens with one attached hydrogen (secondary N) is 1. The van der Waals surface area contributed by atoms with Gasteiger partial charge in [-0.15, -0.1) is 10.2 Å². The summed E-state index contributed by atoms with van der Waals surface area (Å²) in [6.07, 6.45) is 2.98. The zero-order chi connectivity index (χ0) is 22.9. The Kier molecular flexibility index (Phi) is 5.61. The van der Waals surface area contributed by atoms with E-state index in [1.165, 1.54) is 18.1 Å². The Morgan fingerprint density at radius 3 is 2.85 bits per heavy atom. The maximum absolute atomic E-state index is 12.8. The second-order valence-corrected chi connectivity index (χ2v) is 8.60. The number of methoxy groups -OCH3 is 1. The van der Waals surface area contributed by atoms with Crippen molar-refractivity contribution in [1.29, 1.82) is 0 Å². The number of amides is 1. The predicted molar refractivity (Wildman–Crippen MR) is 128 cm³/mol. The number of halogens is 1. The standard InChI is InChI=1S/C22H18ClN7O2S/c1-13-7-20-27-28-22(30(20)19-9-15(32-2)4-5-16(13)19)33-10-21(31)26-17-8-14(23)3-6-18(17)29-12-24-11-25-29/h3-9,11-12H,10H2,1-2H3,(H,26,31). The largest absolute Gasteiger partial charge is 0.497 e. The number of benzene rings is 2. The van der Waals surface area contributed by atoms with Crippen molar-refractivity contribution in [1.82, 2.24) is 29.4 Å². The summed E-state index contributed by atoms with van der Waals surface area (Å²) in [5.41, 5.74) is 3.91. The summed E-state index contributed by atoms with van der Waals surface area (Å²) in [5.74, 6) is 0.649. The van der Waals surface area contributed by atoms with Crippen LogP contribution in [-0.4, -0.2) is 48.1 Å². The van der Waals surface area contributed by atoms with Gasteiger partial charge in [0, 0.05) is 16.5 Å². The summed E-state index contributed by atoms with van der Waals surface area (Å²) in [5, 5.41) is 17.8. The predicted octanol–water partition coefficient (Wildman–Crippen LogP) is 4.16. The van der Waals surface area contributed by atoms with E-state index >= 15 is 0 Å². The molecule has 33 heavy (non-hydrogen) atoms. The number of anilines is 1. The molecule has 0 saturated carbocycles. The van der Waals surface area contributed by atoms with Crippen molar-refractivity contribution < 1.29 is 9.53 Å². The fourth-order valence-corrected chi connectivity index (χ4v) is 4.50. The third-order valence-electron chi connectivity index (χ3n) is 5.11. The first-order chi connectivity index (χ1) is 16.0. The molecule has 2 aromatic carbocycles. The van der Waals surface area contributed by atoms with Gasteiger partial charge >= 0.3 is 0 Å². The summed E-state index contributed by atoms with van der Waals surface area (Å²) >= 11 is 7.44. The SMILES string of the molecule is COc1ccc2c(C)cc3nnc(SCC(=O)Nc4cc(Cl)ccc4-n4cncn4)n3c2c1. The van der Waals surface area contributed by atoms with Crippen LogP contribution >= 0.6 is 23.4 Å². The molecule has 3 heterocycles. The second kappa shape index (κ2) is 8.72. The lowest BCUT2D eigenvalue weighted by Gasteiger charge is -2.11. The van der Waals surface area contributed by atoms with E-state index in [1.807, 2.05) is 35.6 Å². The molecule has 1 N–H and O–H groups in total. The van der Waals surface area contributed by atoms with Gasteiger partial charge in [-0.2, -0.15) is 5.10 Å². The summed E-state index contributed by atoms with van der Waals surface area (Å²) < 4.78 is 8.89. The molecule has 0 aliphatic heterocycles. The minimum atomic E-state index is -0.214. The van der Waals surface area contributed by atoms with Gasteiger partial charge in [0.1, 0.15) is 18.4 Å². The maximum Gasteiger partial charge on any atom is 0.234 e. The zero-order valence-electron chi connectivity index (χ0n) is 17.7. The molecular formula is C22H18ClN7O2S. The van der Waals surface area contributed by atoms with E-state index in [-0.39, 0.29) is 11.7 Å². The Hall–Kier alpha value is -3.63. The zero-order valence-corrected chi connectivity index (χ0v) is 19.3. The molecule has 0 aliphatic carbocycles. The summed E-state index contributed by atoms with van der Waals surface area (Å²) in [4.78, 5) is 16.8. The first-order valence-corrected chi connectivity index (χ1v) is 11.3. The lowest BCUT2D eigenvalue weighted by atomic mass is 10.1. The first kappa shape index (κ1) is 21.2. The lowest BCUT2D eigenvalue weighted by molar-refractivity contribution is -0.113. The number of fused-ring (bicyclic) bond motifs is 3. The minimum Gasteiger partial charge on any atom is -0.497 e. The number of nitrogens with zero attached hydrogens (tertiary/aromatic N) is 6. The van der Waals surface area contributed by atoms with E-state index in [9.17, 15) is 4.79 Å². The van der Waals surface area contributed by atoms with Crippen molar-refractivity contribution in [3.63, 3.8) is 0 Å². The molecule has 0 unspecified atom stereocenters. The van der Waals surface area contributed by atoms with Gasteiger partial charge < -0.3 is 10.1 Å². The van der Waals surface area contributed by atoms with Gasteiger partial charge in [-0.05, 0) is 48.9 Å². The van der Waals surface area contributed by atoms with Crippen molar-refractivity contribution in [2.45, 2.75) is 12.1 Å². The van der Waals surface area contributed by atoms with E-state index in [2.05, 4.69) is 25.6 Å². The van der Waals surface area contributed by atoms with Crippen molar-refractivity contribution in [2.75, 3.05) is 18.2 Å². The average Bonchev–Trinajstić information content (AvgIpc) is 3.48. The molecule has 0 radical (unpaired) electrons. The molecule has 1 amide bonds. The highest BCUT2D eigenvalue weighted by molar-refractivity contribution is 7.99. The molecule has 0 fully saturated rings. The molecule has 0 atom stereocenters. The highest BCUT2D eigenvalue weighted by Crippen LogP contribution is 2.29. The molecule has 5 aromatic rings. The number of carbonyl (C=O) groups is 1. The van der Waals surface area contributed by atoms with E-state index in [0.717, 1.165) is 22.2 Å². The third kappa shape index (κ3) is 4.10. The Bertz CT molecular complexity index is 1480. The van der Waals surface area contributed by atoms with Crippen LogP contribution in [0.15, 0.2) is 60.3 Å². The van der Waals surface area contributed by atoms with Crippen molar-refractivity contribution in [3.8, 4) is 11.4 Å². The highest BCUT2D eigenvalue weighted by atomic mass is 35.5. The van der Waals surface area contributed by atoms with Crippen LogP contribution in [0, 0.1) is 6.92 Å². The number of ether oxygens (including phenoxy) is 1. The third-order valence-corrected chi connectivity index (χ3v) is 6.27. The van der Waals surface area contributed by atoms with Gasteiger partial charge in [0.15, 0.2) is 10.8 Å². The fourth-order valence-electron chi connectivity index (χ4n) is 3.58. The van der Waals surface area contributed by atoms with Crippen molar-refractivity contribution in [2.24, 2.45) is 0 Å². The van der Waals surface area contributed by atoms with Crippen LogP contribution in [0.25, 0.3) is 22.2 Å². The number of hydrogen-bond donors (Lipinski definition) is 1. The first-order valence-electron chi connectivity index (χ1n) is 9.93. The van der Waals surface area contributed by atoms with E-state index in [0.29, 0.717) is 27.2 Å². The number of pyridine rings is 1. The topological polar surface area (TPSA) is 99.2 Å². The van der Waals surface area contributed by atoms with E-state index in [1.54, 1.807) is 36.3 Å². The van der Waals surface area contributed by atoms with Gasteiger partial charge in [0.25, 0.3) is 0 Å². The van der Waals surface area contributed by atoms with Crippen LogP contribution in [0.1, 0.15) is 5.56 Å². The number of aromatic nitrogens is 6. The van der Waals surface area contributed by atoms with Crippen molar-refractivity contribution >= 4 is 51.5 Å². The minimum absolute atomic E-state index is 0.128. The summed E-state index contributed by atoms with van der Waals surface area (Å²) in [7, 11) is 1.63. The van der Waals surface area contributed by atoms with Crippen LogP contribution in [0.3, 0.4) is 0 Å². The molecule has 3 aromatic heterocycles. The van der Waals surface area contributed by atoms with E-state index < -0.39 is 0 Å².